The molecule has 8 N–H and O–H groups in total. The minimum Gasteiger partial charge on any atom is -0.455 e. The molecule has 2 bridgehead atoms. The second-order valence-corrected chi connectivity index (χ2v) is 21.4. The van der Waals surface area contributed by atoms with Crippen LogP contribution in [0.3, 0.4) is 0 Å². The van der Waals surface area contributed by atoms with Crippen molar-refractivity contribution in [1.82, 2.24) is 0 Å². The van der Waals surface area contributed by atoms with Crippen LogP contribution in [0.2, 0.25) is 0 Å². The highest BCUT2D eigenvalue weighted by Crippen LogP contribution is 2.81. The molecule has 0 unspecified atom stereocenters. The second-order valence-electron chi connectivity index (χ2n) is 21.4. The summed E-state index contributed by atoms with van der Waals surface area (Å²) < 4.78 is 32.4. The molecule has 20 atom stereocenters. The molecule has 14 nitrogen and oxygen atoms in total. The molecule has 3 heterocycles. The first-order valence-electron chi connectivity index (χ1n) is 21.2. The molecule has 3 aliphatic heterocycles. The van der Waals surface area contributed by atoms with Crippen LogP contribution in [-0.4, -0.2) is 139 Å². The Morgan fingerprint density at radius 2 is 1.18 bits per heavy atom. The number of esters is 1. The van der Waals surface area contributed by atoms with Gasteiger partial charge in [0.25, 0.3) is 0 Å². The average molecular weight is 797 g/mol. The van der Waals surface area contributed by atoms with Crippen molar-refractivity contribution >= 4 is 5.97 Å². The van der Waals surface area contributed by atoms with Crippen LogP contribution in [0.4, 0.5) is 0 Å². The number of hydrogen-bond acceptors (Lipinski definition) is 14. The first kappa shape index (κ1) is 41.7. The van der Waals surface area contributed by atoms with Gasteiger partial charge in [0.1, 0.15) is 60.5 Å². The maximum absolute atomic E-state index is 14.5. The maximum Gasteiger partial charge on any atom is 0.313 e. The van der Waals surface area contributed by atoms with Gasteiger partial charge < -0.3 is 64.5 Å². The SMILES string of the molecule is CC1(C)CC[C@@]23CC[C@]4(C)[C@](OC2=O)([C@@H](O[C@@H]2O[C@H](CO)[C@@H](O)[C@H](O)[C@H]2O)C[C@@H]2[C@@]5(C)CC[C@H](O[C@@H]6O[C@H](CO)[C@@H](O)[C@H](O)[C@H]6O)C(C)(C)[C@@H]5CC[C@]24C)[C@@H]3C1. The Bertz CT molecular complexity index is 1520. The van der Waals surface area contributed by atoms with Crippen molar-refractivity contribution in [2.45, 2.75) is 192 Å². The van der Waals surface area contributed by atoms with E-state index in [4.69, 9.17) is 23.7 Å². The van der Waals surface area contributed by atoms with E-state index < -0.39 is 103 Å². The average Bonchev–Trinajstić information content (AvgIpc) is 3.33. The van der Waals surface area contributed by atoms with Gasteiger partial charge in [-0.3, -0.25) is 4.79 Å². The van der Waals surface area contributed by atoms with Crippen LogP contribution >= 0.6 is 0 Å². The van der Waals surface area contributed by atoms with Gasteiger partial charge in [0.2, 0.25) is 0 Å². The normalized spacial score (nSPS) is 57.3. The molecule has 320 valence electrons. The fraction of sp³-hybridized carbons (Fsp3) is 0.976. The summed E-state index contributed by atoms with van der Waals surface area (Å²) in [6.07, 6.45) is -7.82. The molecule has 5 saturated carbocycles. The van der Waals surface area contributed by atoms with Gasteiger partial charge in [0.15, 0.2) is 12.6 Å². The van der Waals surface area contributed by atoms with Gasteiger partial charge in [-0.2, -0.15) is 0 Å². The van der Waals surface area contributed by atoms with Gasteiger partial charge in [-0.05, 0) is 97.7 Å². The molecular formula is C42H68O14. The molecule has 8 rings (SSSR count). The zero-order valence-electron chi connectivity index (χ0n) is 34.2. The van der Waals surface area contributed by atoms with E-state index in [0.717, 1.165) is 51.4 Å². The maximum atomic E-state index is 14.5. The van der Waals surface area contributed by atoms with Crippen molar-refractivity contribution in [3.63, 3.8) is 0 Å². The molecule has 8 aliphatic rings. The van der Waals surface area contributed by atoms with E-state index in [1.807, 2.05) is 0 Å². The van der Waals surface area contributed by atoms with E-state index in [1.54, 1.807) is 0 Å². The van der Waals surface area contributed by atoms with Crippen LogP contribution < -0.4 is 0 Å². The van der Waals surface area contributed by atoms with Gasteiger partial charge in [0.05, 0.1) is 24.7 Å². The molecule has 56 heavy (non-hydrogen) atoms. The number of carbonyl (C=O) groups is 1. The Morgan fingerprint density at radius 1 is 0.625 bits per heavy atom. The van der Waals surface area contributed by atoms with Crippen LogP contribution in [0.15, 0.2) is 0 Å². The lowest BCUT2D eigenvalue weighted by Crippen LogP contribution is -2.77. The zero-order chi connectivity index (χ0) is 40.8. The van der Waals surface area contributed by atoms with Crippen LogP contribution in [0, 0.1) is 50.2 Å². The van der Waals surface area contributed by atoms with E-state index in [0.29, 0.717) is 12.8 Å². The highest BCUT2D eigenvalue weighted by molar-refractivity contribution is 5.82. The fourth-order valence-electron chi connectivity index (χ4n) is 14.9. The first-order chi connectivity index (χ1) is 26.1. The monoisotopic (exact) mass is 796 g/mol. The molecular weight excluding hydrogens is 728 g/mol. The lowest BCUT2D eigenvalue weighted by molar-refractivity contribution is -0.371. The van der Waals surface area contributed by atoms with E-state index in [-0.39, 0.29) is 46.1 Å². The predicted molar refractivity (Wildman–Crippen MR) is 197 cm³/mol. The standard InChI is InChI=1S/C42H68O14/c1-36(2)12-14-41-15-13-40(7)39(6)11-8-22-37(3,4)25(54-33-31(49)29(47)27(45)20(18-43)52-33)9-10-38(22,5)23(39)16-26(42(40,24(41)17-36)56-35(41)51)55-34-32(50)30(48)28(46)21(19-44)53-34/h20-34,43-50H,8-19H2,1-7H3/t20-,21-,22+,23-,24-,25+,26+,27-,28-,29+,30+,31-,32-,33+,34+,38+,39-,40+,41+,42-/m1/s1. The third kappa shape index (κ3) is 5.39. The Morgan fingerprint density at radius 3 is 1.75 bits per heavy atom. The van der Waals surface area contributed by atoms with Crippen LogP contribution in [0.25, 0.3) is 0 Å². The molecule has 0 radical (unpaired) electrons. The largest absolute Gasteiger partial charge is 0.455 e. The van der Waals surface area contributed by atoms with Crippen molar-refractivity contribution in [2.24, 2.45) is 50.2 Å². The molecule has 0 aromatic heterocycles. The minimum atomic E-state index is -1.62. The van der Waals surface area contributed by atoms with Crippen molar-refractivity contribution in [3.8, 4) is 0 Å². The van der Waals surface area contributed by atoms with Crippen LogP contribution in [-0.2, 0) is 28.5 Å². The third-order valence-electron chi connectivity index (χ3n) is 18.3. The smallest absolute Gasteiger partial charge is 0.313 e. The highest BCUT2D eigenvalue weighted by atomic mass is 16.7. The number of hydrogen-bond donors (Lipinski definition) is 8. The van der Waals surface area contributed by atoms with Crippen molar-refractivity contribution < 1.29 is 69.3 Å². The molecule has 3 saturated heterocycles. The van der Waals surface area contributed by atoms with Gasteiger partial charge in [-0.25, -0.2) is 0 Å². The number of fused-ring (bicyclic) bond motifs is 4. The van der Waals surface area contributed by atoms with Crippen molar-refractivity contribution in [3.05, 3.63) is 0 Å². The topological polar surface area (TPSA) is 225 Å². The van der Waals surface area contributed by atoms with Crippen LogP contribution in [0.5, 0.6) is 0 Å². The fourth-order valence-corrected chi connectivity index (χ4v) is 14.9. The van der Waals surface area contributed by atoms with Crippen molar-refractivity contribution in [2.75, 3.05) is 13.2 Å². The predicted octanol–water partition coefficient (Wildman–Crippen LogP) is 1.53. The summed E-state index contributed by atoms with van der Waals surface area (Å²) in [6, 6.07) is 0. The Kier molecular flexibility index (Phi) is 10.1. The quantitative estimate of drug-likeness (QED) is 0.141. The summed E-state index contributed by atoms with van der Waals surface area (Å²) >= 11 is 0. The Labute approximate surface area is 330 Å². The number of carbonyl (C=O) groups excluding carboxylic acids is 1. The summed E-state index contributed by atoms with van der Waals surface area (Å²) in [7, 11) is 0. The van der Waals surface area contributed by atoms with E-state index in [1.165, 1.54) is 0 Å². The van der Waals surface area contributed by atoms with Gasteiger partial charge in [-0.15, -0.1) is 0 Å². The summed E-state index contributed by atoms with van der Waals surface area (Å²) in [6.45, 7) is 14.8. The summed E-state index contributed by atoms with van der Waals surface area (Å²) in [5.74, 6) is -0.166. The lowest BCUT2D eigenvalue weighted by atomic mass is 9.30. The molecule has 0 aromatic carbocycles. The Hall–Kier alpha value is -1.01. The molecule has 14 heteroatoms. The number of aliphatic hydroxyl groups is 8. The second kappa shape index (κ2) is 13.5. The van der Waals surface area contributed by atoms with E-state index in [9.17, 15) is 45.6 Å². The highest BCUT2D eigenvalue weighted by Gasteiger charge is 2.84. The number of aliphatic hydroxyl groups excluding tert-OH is 8. The van der Waals surface area contributed by atoms with Gasteiger partial charge in [0, 0.05) is 11.3 Å². The summed E-state index contributed by atoms with van der Waals surface area (Å²) in [4.78, 5) is 14.5. The summed E-state index contributed by atoms with van der Waals surface area (Å²) in [5.41, 5.74) is -3.36. The molecule has 0 aromatic rings. The molecule has 0 amide bonds. The lowest BCUT2D eigenvalue weighted by Gasteiger charge is -2.75. The summed E-state index contributed by atoms with van der Waals surface area (Å²) in [5, 5.41) is 84.6. The molecule has 5 aliphatic carbocycles. The third-order valence-corrected chi connectivity index (χ3v) is 18.3. The van der Waals surface area contributed by atoms with Crippen molar-refractivity contribution in [1.29, 1.82) is 0 Å². The molecule has 1 spiro atoms. The Balaban J connectivity index is 1.18. The number of rotatable bonds is 6. The van der Waals surface area contributed by atoms with Gasteiger partial charge >= 0.3 is 5.97 Å². The number of ether oxygens (including phenoxy) is 5. The minimum absolute atomic E-state index is 0.0372. The molecule has 8 fully saturated rings. The zero-order valence-corrected chi connectivity index (χ0v) is 34.2. The van der Waals surface area contributed by atoms with Gasteiger partial charge in [-0.1, -0.05) is 48.5 Å². The van der Waals surface area contributed by atoms with E-state index >= 15 is 0 Å². The first-order valence-corrected chi connectivity index (χ1v) is 21.2. The van der Waals surface area contributed by atoms with Crippen LogP contribution in [0.1, 0.15) is 113 Å². The van der Waals surface area contributed by atoms with E-state index in [2.05, 4.69) is 48.5 Å².